The van der Waals surface area contributed by atoms with Gasteiger partial charge in [0.05, 0.1) is 11.7 Å². The molecule has 0 bridgehead atoms. The highest BCUT2D eigenvalue weighted by atomic mass is 16.5. The molecule has 0 saturated heterocycles. The molecule has 9 nitrogen and oxygen atoms in total. The van der Waals surface area contributed by atoms with Crippen molar-refractivity contribution < 1.29 is 19.1 Å². The monoisotopic (exact) mass is 595 g/mol. The molecule has 1 unspecified atom stereocenters. The molecule has 0 fully saturated rings. The minimum atomic E-state index is -1.24. The van der Waals surface area contributed by atoms with Crippen LogP contribution in [0.2, 0.25) is 0 Å². The van der Waals surface area contributed by atoms with E-state index in [1.807, 2.05) is 86.8 Å². The number of H-pyrrole nitrogens is 1. The van der Waals surface area contributed by atoms with Crippen molar-refractivity contribution in [1.29, 1.82) is 0 Å². The van der Waals surface area contributed by atoms with Crippen LogP contribution in [0.5, 0.6) is 5.88 Å². The number of hydrogen-bond donors (Lipinski definition) is 3. The van der Waals surface area contributed by atoms with Crippen LogP contribution < -0.4 is 15.4 Å². The number of carbonyl (C=O) groups excluding carboxylic acids is 3. The summed E-state index contributed by atoms with van der Waals surface area (Å²) in [5, 5.41) is 6.55. The van der Waals surface area contributed by atoms with Crippen LogP contribution in [0.15, 0.2) is 85.3 Å². The molecular weight excluding hydrogens is 554 g/mol. The molecule has 3 amide bonds. The second-order valence-corrected chi connectivity index (χ2v) is 11.7. The van der Waals surface area contributed by atoms with Crippen molar-refractivity contribution in [3.63, 3.8) is 0 Å². The van der Waals surface area contributed by atoms with Gasteiger partial charge in [0.15, 0.2) is 0 Å². The number of carbonyl (C=O) groups is 3. The quantitative estimate of drug-likeness (QED) is 0.186. The number of pyridine rings is 1. The standard InChI is InChI=1S/C35H41N5O4/c1-24(2)18-30(39-25(3)41)33(42)40(22-26-12-8-6-9-13-26)35(4,5)34(43)36-17-16-28-20-37-31-21-38-32(19-29(28)31)44-23-27-14-10-7-11-15-27/h6-17,19-21,24,30,37H,18,22-23H2,1-5H3,(H,36,43)(H,39,41). The van der Waals surface area contributed by atoms with E-state index >= 15 is 0 Å². The van der Waals surface area contributed by atoms with Gasteiger partial charge >= 0.3 is 0 Å². The molecular formula is C35H41N5O4. The topological polar surface area (TPSA) is 116 Å². The van der Waals surface area contributed by atoms with E-state index in [0.29, 0.717) is 18.9 Å². The van der Waals surface area contributed by atoms with Crippen LogP contribution >= 0.6 is 0 Å². The lowest BCUT2D eigenvalue weighted by Crippen LogP contribution is -2.60. The Kier molecular flexibility index (Phi) is 10.6. The maximum absolute atomic E-state index is 13.9. The first-order chi connectivity index (χ1) is 21.0. The summed E-state index contributed by atoms with van der Waals surface area (Å²) in [5.74, 6) is -0.321. The lowest BCUT2D eigenvalue weighted by Gasteiger charge is -2.39. The van der Waals surface area contributed by atoms with Gasteiger partial charge in [-0.1, -0.05) is 74.5 Å². The molecule has 0 aliphatic heterocycles. The number of benzene rings is 2. The summed E-state index contributed by atoms with van der Waals surface area (Å²) in [4.78, 5) is 48.7. The van der Waals surface area contributed by atoms with Gasteiger partial charge in [0.2, 0.25) is 23.6 Å². The average molecular weight is 596 g/mol. The van der Waals surface area contributed by atoms with E-state index in [4.69, 9.17) is 4.74 Å². The number of nitrogens with one attached hydrogen (secondary N) is 3. The van der Waals surface area contributed by atoms with E-state index in [1.54, 1.807) is 37.2 Å². The van der Waals surface area contributed by atoms with Gasteiger partial charge in [-0.3, -0.25) is 14.4 Å². The predicted octanol–water partition coefficient (Wildman–Crippen LogP) is 5.59. The highest BCUT2D eigenvalue weighted by molar-refractivity contribution is 5.95. The smallest absolute Gasteiger partial charge is 0.249 e. The summed E-state index contributed by atoms with van der Waals surface area (Å²) in [7, 11) is 0. The van der Waals surface area contributed by atoms with Gasteiger partial charge in [0.25, 0.3) is 0 Å². The number of rotatable bonds is 13. The van der Waals surface area contributed by atoms with Crippen LogP contribution in [0.1, 0.15) is 57.7 Å². The van der Waals surface area contributed by atoms with Crippen molar-refractivity contribution in [3.8, 4) is 5.88 Å². The summed E-state index contributed by atoms with van der Waals surface area (Å²) >= 11 is 0. The Morgan fingerprint density at radius 2 is 1.68 bits per heavy atom. The van der Waals surface area contributed by atoms with Gasteiger partial charge in [-0.25, -0.2) is 4.98 Å². The fourth-order valence-electron chi connectivity index (χ4n) is 4.92. The maximum atomic E-state index is 13.9. The van der Waals surface area contributed by atoms with E-state index < -0.39 is 11.6 Å². The highest BCUT2D eigenvalue weighted by Gasteiger charge is 2.40. The van der Waals surface area contributed by atoms with Gasteiger partial charge in [-0.15, -0.1) is 0 Å². The molecule has 0 aliphatic carbocycles. The van der Waals surface area contributed by atoms with Gasteiger partial charge in [-0.05, 0) is 43.4 Å². The van der Waals surface area contributed by atoms with Crippen molar-refractivity contribution in [2.75, 3.05) is 0 Å². The third-order valence-corrected chi connectivity index (χ3v) is 7.34. The van der Waals surface area contributed by atoms with Crippen molar-refractivity contribution in [2.24, 2.45) is 5.92 Å². The number of aromatic amines is 1. The molecule has 9 heteroatoms. The van der Waals surface area contributed by atoms with E-state index in [0.717, 1.165) is 27.6 Å². The number of amides is 3. The molecule has 1 atom stereocenters. The first-order valence-corrected chi connectivity index (χ1v) is 14.8. The SMILES string of the molecule is CC(=O)NC(CC(C)C)C(=O)N(Cc1ccccc1)C(C)(C)C(=O)NC=Cc1c[nH]c2cnc(OCc3ccccc3)cc12. The summed E-state index contributed by atoms with van der Waals surface area (Å²) in [6, 6.07) is 20.5. The fraction of sp³-hybridized carbons (Fsp3) is 0.314. The first-order valence-electron chi connectivity index (χ1n) is 14.8. The van der Waals surface area contributed by atoms with Crippen LogP contribution in [0.3, 0.4) is 0 Å². The van der Waals surface area contributed by atoms with E-state index in [2.05, 4.69) is 20.6 Å². The van der Waals surface area contributed by atoms with E-state index in [9.17, 15) is 14.4 Å². The Morgan fingerprint density at radius 3 is 2.32 bits per heavy atom. The second-order valence-electron chi connectivity index (χ2n) is 11.7. The minimum absolute atomic E-state index is 0.157. The molecule has 4 rings (SSSR count). The molecule has 4 aromatic rings. The Labute approximate surface area is 258 Å². The van der Waals surface area contributed by atoms with E-state index in [-0.39, 0.29) is 30.2 Å². The molecule has 2 aromatic carbocycles. The Balaban J connectivity index is 1.52. The lowest BCUT2D eigenvalue weighted by atomic mass is 9.96. The summed E-state index contributed by atoms with van der Waals surface area (Å²) < 4.78 is 5.89. The van der Waals surface area contributed by atoms with Gasteiger partial charge in [-0.2, -0.15) is 0 Å². The number of ether oxygens (including phenoxy) is 1. The zero-order valence-corrected chi connectivity index (χ0v) is 26.0. The highest BCUT2D eigenvalue weighted by Crippen LogP contribution is 2.24. The van der Waals surface area contributed by atoms with Crippen LogP contribution in [0, 0.1) is 5.92 Å². The second kappa shape index (κ2) is 14.5. The predicted molar refractivity (Wildman–Crippen MR) is 172 cm³/mol. The molecule has 0 aliphatic rings. The number of hydrogen-bond acceptors (Lipinski definition) is 5. The van der Waals surface area contributed by atoms with Crippen molar-refractivity contribution in [3.05, 3.63) is 102 Å². The third-order valence-electron chi connectivity index (χ3n) is 7.34. The fourth-order valence-corrected chi connectivity index (χ4v) is 4.92. The molecule has 44 heavy (non-hydrogen) atoms. The minimum Gasteiger partial charge on any atom is -0.473 e. The van der Waals surface area contributed by atoms with Crippen molar-refractivity contribution in [2.45, 2.75) is 65.8 Å². The summed E-state index contributed by atoms with van der Waals surface area (Å²) in [6.45, 7) is 9.41. The summed E-state index contributed by atoms with van der Waals surface area (Å²) in [5.41, 5.74) is 2.34. The van der Waals surface area contributed by atoms with Crippen LogP contribution in [-0.2, 0) is 27.5 Å². The van der Waals surface area contributed by atoms with E-state index in [1.165, 1.54) is 6.92 Å². The molecule has 3 N–H and O–H groups in total. The van der Waals surface area contributed by atoms with Gasteiger partial charge < -0.3 is 25.3 Å². The number of fused-ring (bicyclic) bond motifs is 1. The Morgan fingerprint density at radius 1 is 1.02 bits per heavy atom. The van der Waals surface area contributed by atoms with Gasteiger partial charge in [0.1, 0.15) is 18.2 Å². The molecule has 0 radical (unpaired) electrons. The van der Waals surface area contributed by atoms with Crippen LogP contribution in [0.25, 0.3) is 17.0 Å². The van der Waals surface area contributed by atoms with Crippen molar-refractivity contribution >= 4 is 34.7 Å². The largest absolute Gasteiger partial charge is 0.473 e. The summed E-state index contributed by atoms with van der Waals surface area (Å²) in [6.07, 6.45) is 7.35. The average Bonchev–Trinajstić information content (AvgIpc) is 3.40. The molecule has 2 heterocycles. The van der Waals surface area contributed by atoms with Crippen LogP contribution in [-0.4, -0.2) is 44.2 Å². The Hall–Kier alpha value is -4.92. The first kappa shape index (κ1) is 32.0. The normalized spacial score (nSPS) is 12.3. The molecule has 230 valence electrons. The molecule has 0 spiro atoms. The number of nitrogens with zero attached hydrogens (tertiary/aromatic N) is 2. The molecule has 0 saturated carbocycles. The lowest BCUT2D eigenvalue weighted by molar-refractivity contribution is -0.149. The van der Waals surface area contributed by atoms with Crippen LogP contribution in [0.4, 0.5) is 0 Å². The van der Waals surface area contributed by atoms with Crippen molar-refractivity contribution in [1.82, 2.24) is 25.5 Å². The zero-order valence-electron chi connectivity index (χ0n) is 26.0. The van der Waals surface area contributed by atoms with Gasteiger partial charge in [0, 0.05) is 42.9 Å². The third kappa shape index (κ3) is 8.34. The molecule has 2 aromatic heterocycles. The maximum Gasteiger partial charge on any atom is 0.249 e. The number of aromatic nitrogens is 2. The zero-order chi connectivity index (χ0) is 31.7. The Bertz CT molecular complexity index is 1600.